The Labute approximate surface area is 113 Å². The zero-order valence-corrected chi connectivity index (χ0v) is 11.7. The Balaban J connectivity index is 2.60. The Bertz CT molecular complexity index is 428. The van der Waals surface area contributed by atoms with Crippen molar-refractivity contribution >= 4 is 11.6 Å². The first kappa shape index (κ1) is 13.5. The van der Waals surface area contributed by atoms with Crippen LogP contribution < -0.4 is 15.2 Å². The highest BCUT2D eigenvalue weighted by molar-refractivity contribution is 6.31. The molecule has 1 aliphatic rings. The van der Waals surface area contributed by atoms with Crippen LogP contribution in [0.1, 0.15) is 31.2 Å². The summed E-state index contributed by atoms with van der Waals surface area (Å²) >= 11 is 6.39. The molecule has 0 amide bonds. The summed E-state index contributed by atoms with van der Waals surface area (Å²) in [6.45, 7) is 0.593. The third kappa shape index (κ3) is 2.06. The van der Waals surface area contributed by atoms with Crippen molar-refractivity contribution in [2.75, 3.05) is 20.8 Å². The van der Waals surface area contributed by atoms with Crippen LogP contribution in [0.4, 0.5) is 0 Å². The average molecular weight is 270 g/mol. The van der Waals surface area contributed by atoms with Gasteiger partial charge in [-0.3, -0.25) is 0 Å². The van der Waals surface area contributed by atoms with E-state index in [4.69, 9.17) is 26.8 Å². The van der Waals surface area contributed by atoms with Gasteiger partial charge in [-0.1, -0.05) is 24.4 Å². The molecule has 2 N–H and O–H groups in total. The van der Waals surface area contributed by atoms with E-state index >= 15 is 0 Å². The molecule has 0 bridgehead atoms. The molecule has 0 aromatic heterocycles. The van der Waals surface area contributed by atoms with Crippen LogP contribution in [0.2, 0.25) is 5.02 Å². The van der Waals surface area contributed by atoms with E-state index in [1.165, 1.54) is 12.8 Å². The van der Waals surface area contributed by atoms with Crippen LogP contribution in [-0.2, 0) is 5.41 Å². The second-order valence-corrected chi connectivity index (χ2v) is 5.26. The summed E-state index contributed by atoms with van der Waals surface area (Å²) in [5, 5.41) is 0.722. The third-order valence-electron chi connectivity index (χ3n) is 3.98. The molecule has 2 rings (SSSR count). The molecule has 1 fully saturated rings. The predicted molar refractivity (Wildman–Crippen MR) is 73.8 cm³/mol. The number of nitrogens with two attached hydrogens (primary N) is 1. The lowest BCUT2D eigenvalue weighted by Crippen LogP contribution is -2.33. The molecule has 0 heterocycles. The van der Waals surface area contributed by atoms with Crippen LogP contribution in [0.3, 0.4) is 0 Å². The molecular formula is C14H20ClNO2. The van der Waals surface area contributed by atoms with Gasteiger partial charge in [0.05, 0.1) is 14.2 Å². The minimum Gasteiger partial charge on any atom is -0.493 e. The van der Waals surface area contributed by atoms with Gasteiger partial charge in [-0.05, 0) is 25.0 Å². The molecule has 1 saturated carbocycles. The van der Waals surface area contributed by atoms with Gasteiger partial charge < -0.3 is 15.2 Å². The van der Waals surface area contributed by atoms with Crippen LogP contribution in [0.5, 0.6) is 11.5 Å². The van der Waals surface area contributed by atoms with Gasteiger partial charge in [0, 0.05) is 22.5 Å². The molecule has 0 unspecified atom stereocenters. The van der Waals surface area contributed by atoms with Gasteiger partial charge in [0.15, 0.2) is 11.5 Å². The molecule has 0 atom stereocenters. The van der Waals surface area contributed by atoms with Crippen molar-refractivity contribution in [1.29, 1.82) is 0 Å². The van der Waals surface area contributed by atoms with Crippen molar-refractivity contribution in [3.63, 3.8) is 0 Å². The highest BCUT2D eigenvalue weighted by Gasteiger charge is 2.39. The van der Waals surface area contributed by atoms with Gasteiger partial charge >= 0.3 is 0 Å². The highest BCUT2D eigenvalue weighted by atomic mass is 35.5. The Morgan fingerprint density at radius 1 is 1.22 bits per heavy atom. The van der Waals surface area contributed by atoms with E-state index in [0.717, 1.165) is 34.9 Å². The largest absolute Gasteiger partial charge is 0.493 e. The van der Waals surface area contributed by atoms with Crippen molar-refractivity contribution < 1.29 is 9.47 Å². The Morgan fingerprint density at radius 2 is 1.89 bits per heavy atom. The van der Waals surface area contributed by atoms with Crippen LogP contribution in [-0.4, -0.2) is 20.8 Å². The molecule has 1 aliphatic carbocycles. The first-order valence-corrected chi connectivity index (χ1v) is 6.67. The molecule has 1 aromatic rings. The molecule has 0 radical (unpaired) electrons. The SMILES string of the molecule is COc1ccc(Cl)c(C2(CN)CCCC2)c1OC. The van der Waals surface area contributed by atoms with E-state index in [9.17, 15) is 0 Å². The maximum absolute atomic E-state index is 6.39. The van der Waals surface area contributed by atoms with Crippen molar-refractivity contribution in [2.45, 2.75) is 31.1 Å². The van der Waals surface area contributed by atoms with Crippen molar-refractivity contribution in [2.24, 2.45) is 5.73 Å². The van der Waals surface area contributed by atoms with E-state index in [-0.39, 0.29) is 5.41 Å². The Hall–Kier alpha value is -0.930. The number of hydrogen-bond acceptors (Lipinski definition) is 3. The summed E-state index contributed by atoms with van der Waals surface area (Å²) in [5.41, 5.74) is 6.99. The topological polar surface area (TPSA) is 44.5 Å². The second-order valence-electron chi connectivity index (χ2n) is 4.85. The number of halogens is 1. The smallest absolute Gasteiger partial charge is 0.165 e. The average Bonchev–Trinajstić information content (AvgIpc) is 2.87. The zero-order chi connectivity index (χ0) is 13.2. The summed E-state index contributed by atoms with van der Waals surface area (Å²) in [6, 6.07) is 3.71. The van der Waals surface area contributed by atoms with E-state index in [2.05, 4.69) is 0 Å². The number of rotatable bonds is 4. The Morgan fingerprint density at radius 3 is 2.39 bits per heavy atom. The van der Waals surface area contributed by atoms with Gasteiger partial charge in [-0.25, -0.2) is 0 Å². The van der Waals surface area contributed by atoms with E-state index in [0.29, 0.717) is 6.54 Å². The summed E-state index contributed by atoms with van der Waals surface area (Å²) in [7, 11) is 3.29. The molecule has 100 valence electrons. The maximum atomic E-state index is 6.39. The van der Waals surface area contributed by atoms with Gasteiger partial charge in [0.25, 0.3) is 0 Å². The van der Waals surface area contributed by atoms with E-state index in [1.54, 1.807) is 14.2 Å². The fourth-order valence-corrected chi connectivity index (χ4v) is 3.35. The third-order valence-corrected chi connectivity index (χ3v) is 4.29. The summed E-state index contributed by atoms with van der Waals surface area (Å²) < 4.78 is 10.9. The molecule has 0 spiro atoms. The summed E-state index contributed by atoms with van der Waals surface area (Å²) in [5.74, 6) is 1.45. The molecule has 4 heteroatoms. The molecule has 1 aromatic carbocycles. The lowest BCUT2D eigenvalue weighted by atomic mass is 9.78. The maximum Gasteiger partial charge on any atom is 0.165 e. The first-order valence-electron chi connectivity index (χ1n) is 6.29. The number of methoxy groups -OCH3 is 2. The minimum atomic E-state index is -0.0586. The predicted octanol–water partition coefficient (Wildman–Crippen LogP) is 3.13. The number of ether oxygens (including phenoxy) is 2. The number of hydrogen-bond donors (Lipinski definition) is 1. The number of benzene rings is 1. The monoisotopic (exact) mass is 269 g/mol. The summed E-state index contributed by atoms with van der Waals surface area (Å²) in [6.07, 6.45) is 4.50. The fourth-order valence-electron chi connectivity index (χ4n) is 3.01. The Kier molecular flexibility index (Phi) is 4.03. The standard InChI is InChI=1S/C14H20ClNO2/c1-17-11-6-5-10(15)12(13(11)18-2)14(9-16)7-3-4-8-14/h5-6H,3-4,7-9,16H2,1-2H3. The highest BCUT2D eigenvalue weighted by Crippen LogP contribution is 2.49. The van der Waals surface area contributed by atoms with Gasteiger partial charge in [-0.15, -0.1) is 0 Å². The molecule has 0 aliphatic heterocycles. The lowest BCUT2D eigenvalue weighted by molar-refractivity contribution is 0.337. The summed E-state index contributed by atoms with van der Waals surface area (Å²) in [4.78, 5) is 0. The molecular weight excluding hydrogens is 250 g/mol. The van der Waals surface area contributed by atoms with Gasteiger partial charge in [-0.2, -0.15) is 0 Å². The van der Waals surface area contributed by atoms with Crippen molar-refractivity contribution in [3.8, 4) is 11.5 Å². The lowest BCUT2D eigenvalue weighted by Gasteiger charge is -2.31. The van der Waals surface area contributed by atoms with E-state index < -0.39 is 0 Å². The first-order chi connectivity index (χ1) is 8.68. The van der Waals surface area contributed by atoms with Crippen LogP contribution in [0.15, 0.2) is 12.1 Å². The van der Waals surface area contributed by atoms with Gasteiger partial charge in [0.2, 0.25) is 0 Å². The minimum absolute atomic E-state index is 0.0586. The quantitative estimate of drug-likeness (QED) is 0.913. The zero-order valence-electron chi connectivity index (χ0n) is 11.0. The fraction of sp³-hybridized carbons (Fsp3) is 0.571. The van der Waals surface area contributed by atoms with Crippen LogP contribution in [0, 0.1) is 0 Å². The molecule has 18 heavy (non-hydrogen) atoms. The van der Waals surface area contributed by atoms with Crippen molar-refractivity contribution in [1.82, 2.24) is 0 Å². The molecule has 0 saturated heterocycles. The van der Waals surface area contributed by atoms with Crippen molar-refractivity contribution in [3.05, 3.63) is 22.7 Å². The second kappa shape index (κ2) is 5.37. The van der Waals surface area contributed by atoms with Crippen LogP contribution in [0.25, 0.3) is 0 Å². The normalized spacial score (nSPS) is 17.8. The molecule has 3 nitrogen and oxygen atoms in total. The van der Waals surface area contributed by atoms with E-state index in [1.807, 2.05) is 12.1 Å². The van der Waals surface area contributed by atoms with Crippen LogP contribution >= 0.6 is 11.6 Å². The van der Waals surface area contributed by atoms with Gasteiger partial charge in [0.1, 0.15) is 0 Å².